The standard InChI is InChI=1S/C15H15N3O5/c19-13-6-7-14(17(20)21)9-15(13,18(22)23)11-16(10-14)8-12-4-2-1-3-5-12/h1-7H,8-11H2/p+1. The van der Waals surface area contributed by atoms with Gasteiger partial charge in [-0.1, -0.05) is 30.3 Å². The number of quaternary nitrogens is 1. The Bertz CT molecular complexity index is 704. The first-order chi connectivity index (χ1) is 10.9. The van der Waals surface area contributed by atoms with E-state index in [1.807, 2.05) is 30.3 Å². The molecule has 0 amide bonds. The van der Waals surface area contributed by atoms with Gasteiger partial charge in [0, 0.05) is 21.5 Å². The van der Waals surface area contributed by atoms with Gasteiger partial charge in [-0.15, -0.1) is 0 Å². The van der Waals surface area contributed by atoms with Crippen LogP contribution in [0.15, 0.2) is 42.5 Å². The molecule has 1 heterocycles. The van der Waals surface area contributed by atoms with E-state index in [0.29, 0.717) is 11.4 Å². The zero-order valence-electron chi connectivity index (χ0n) is 12.3. The first-order valence-electron chi connectivity index (χ1n) is 7.28. The molecule has 8 heteroatoms. The highest BCUT2D eigenvalue weighted by atomic mass is 16.6. The molecule has 2 bridgehead atoms. The molecule has 3 atom stereocenters. The largest absolute Gasteiger partial charge is 0.337 e. The van der Waals surface area contributed by atoms with Crippen LogP contribution in [0, 0.1) is 20.2 Å². The molecule has 1 aromatic rings. The van der Waals surface area contributed by atoms with Crippen molar-refractivity contribution in [1.82, 2.24) is 0 Å². The van der Waals surface area contributed by atoms with Crippen molar-refractivity contribution in [1.29, 1.82) is 0 Å². The Morgan fingerprint density at radius 3 is 2.39 bits per heavy atom. The summed E-state index contributed by atoms with van der Waals surface area (Å²) in [6.45, 7) is 0.509. The highest BCUT2D eigenvalue weighted by molar-refractivity contribution is 5.98. The summed E-state index contributed by atoms with van der Waals surface area (Å²) < 4.78 is 0. The summed E-state index contributed by atoms with van der Waals surface area (Å²) in [5.74, 6) is -0.648. The molecular formula is C15H16N3O5+. The average Bonchev–Trinajstić information content (AvgIpc) is 2.52. The van der Waals surface area contributed by atoms with E-state index in [0.717, 1.165) is 11.6 Å². The Balaban J connectivity index is 1.99. The number of carbonyl (C=O) groups excluding carboxylic acids is 1. The van der Waals surface area contributed by atoms with Crippen LogP contribution in [-0.4, -0.2) is 39.8 Å². The van der Waals surface area contributed by atoms with Gasteiger partial charge in [0.1, 0.15) is 13.0 Å². The van der Waals surface area contributed by atoms with Crippen LogP contribution in [0.2, 0.25) is 0 Å². The molecule has 23 heavy (non-hydrogen) atoms. The van der Waals surface area contributed by atoms with E-state index in [4.69, 9.17) is 0 Å². The quantitative estimate of drug-likeness (QED) is 0.603. The van der Waals surface area contributed by atoms with E-state index in [1.165, 1.54) is 6.08 Å². The van der Waals surface area contributed by atoms with Crippen LogP contribution in [-0.2, 0) is 11.3 Å². The van der Waals surface area contributed by atoms with E-state index < -0.39 is 26.7 Å². The Labute approximate surface area is 131 Å². The van der Waals surface area contributed by atoms with Crippen LogP contribution in [0.4, 0.5) is 0 Å². The minimum atomic E-state index is -1.90. The smallest absolute Gasteiger partial charge is 0.319 e. The van der Waals surface area contributed by atoms with Crippen molar-refractivity contribution in [3.8, 4) is 0 Å². The molecule has 0 saturated carbocycles. The molecule has 0 spiro atoms. The second-order valence-corrected chi connectivity index (χ2v) is 6.29. The highest BCUT2D eigenvalue weighted by Gasteiger charge is 2.69. The Morgan fingerprint density at radius 1 is 1.09 bits per heavy atom. The summed E-state index contributed by atoms with van der Waals surface area (Å²) >= 11 is 0. The summed E-state index contributed by atoms with van der Waals surface area (Å²) in [5, 5.41) is 23.1. The first-order valence-corrected chi connectivity index (χ1v) is 7.28. The fourth-order valence-corrected chi connectivity index (χ4v) is 3.64. The third kappa shape index (κ3) is 2.40. The zero-order valence-corrected chi connectivity index (χ0v) is 12.3. The van der Waals surface area contributed by atoms with Crippen molar-refractivity contribution in [2.45, 2.75) is 24.0 Å². The van der Waals surface area contributed by atoms with Crippen molar-refractivity contribution in [3.05, 3.63) is 68.3 Å². The highest BCUT2D eigenvalue weighted by Crippen LogP contribution is 2.34. The number of hydrogen-bond acceptors (Lipinski definition) is 5. The maximum atomic E-state index is 12.2. The molecule has 8 nitrogen and oxygen atoms in total. The monoisotopic (exact) mass is 318 g/mol. The predicted octanol–water partition coefficient (Wildman–Crippen LogP) is -0.355. The fourth-order valence-electron chi connectivity index (χ4n) is 3.64. The molecule has 0 aromatic heterocycles. The van der Waals surface area contributed by atoms with Gasteiger partial charge in [0.15, 0.2) is 13.1 Å². The van der Waals surface area contributed by atoms with E-state index in [9.17, 15) is 25.0 Å². The number of rotatable bonds is 4. The number of carbonyl (C=O) groups is 1. The van der Waals surface area contributed by atoms with Gasteiger partial charge < -0.3 is 4.90 Å². The molecule has 1 fully saturated rings. The predicted molar refractivity (Wildman–Crippen MR) is 79.1 cm³/mol. The van der Waals surface area contributed by atoms with Crippen LogP contribution in [0.1, 0.15) is 12.0 Å². The lowest BCUT2D eigenvalue weighted by Gasteiger charge is -2.40. The summed E-state index contributed by atoms with van der Waals surface area (Å²) in [5.41, 5.74) is -2.52. The normalized spacial score (nSPS) is 32.5. The SMILES string of the molecule is O=C1C=CC2([N+](=O)[O-])C[NH+](Cc3ccccc3)CC1([N+](=O)[O-])C2. The van der Waals surface area contributed by atoms with Crippen LogP contribution >= 0.6 is 0 Å². The molecule has 1 saturated heterocycles. The number of nitro groups is 2. The molecule has 3 unspecified atom stereocenters. The molecule has 1 aliphatic heterocycles. The maximum absolute atomic E-state index is 12.2. The summed E-state index contributed by atoms with van der Waals surface area (Å²) in [6, 6.07) is 9.28. The van der Waals surface area contributed by atoms with Gasteiger partial charge in [0.05, 0.1) is 0 Å². The summed E-state index contributed by atoms with van der Waals surface area (Å²) in [7, 11) is 0. The molecule has 120 valence electrons. The van der Waals surface area contributed by atoms with Crippen molar-refractivity contribution in [3.63, 3.8) is 0 Å². The lowest BCUT2D eigenvalue weighted by atomic mass is 9.71. The summed E-state index contributed by atoms with van der Waals surface area (Å²) in [6.07, 6.45) is 1.89. The van der Waals surface area contributed by atoms with Crippen LogP contribution in [0.5, 0.6) is 0 Å². The van der Waals surface area contributed by atoms with Crippen molar-refractivity contribution in [2.24, 2.45) is 0 Å². The number of nitrogens with zero attached hydrogens (tertiary/aromatic N) is 2. The lowest BCUT2D eigenvalue weighted by Crippen LogP contribution is -3.17. The topological polar surface area (TPSA) is 108 Å². The van der Waals surface area contributed by atoms with Gasteiger partial charge >= 0.3 is 5.54 Å². The number of piperidine rings is 1. The molecule has 1 aliphatic carbocycles. The third-order valence-corrected chi connectivity index (χ3v) is 4.71. The van der Waals surface area contributed by atoms with Gasteiger partial charge in [-0.2, -0.15) is 0 Å². The number of benzene rings is 1. The molecule has 1 N–H and O–H groups in total. The number of likely N-dealkylation sites (tertiary alicyclic amines) is 1. The van der Waals surface area contributed by atoms with E-state index in [-0.39, 0.29) is 19.5 Å². The number of fused-ring (bicyclic) bond motifs is 2. The molecule has 1 aromatic carbocycles. The average molecular weight is 318 g/mol. The first kappa shape index (κ1) is 15.3. The van der Waals surface area contributed by atoms with Crippen molar-refractivity contribution >= 4 is 5.78 Å². The van der Waals surface area contributed by atoms with Crippen LogP contribution in [0.25, 0.3) is 0 Å². The second-order valence-electron chi connectivity index (χ2n) is 6.29. The summed E-state index contributed by atoms with van der Waals surface area (Å²) in [4.78, 5) is 34.9. The van der Waals surface area contributed by atoms with Crippen molar-refractivity contribution in [2.75, 3.05) is 13.1 Å². The van der Waals surface area contributed by atoms with Gasteiger partial charge in [0.2, 0.25) is 5.78 Å². The minimum Gasteiger partial charge on any atom is -0.319 e. The van der Waals surface area contributed by atoms with Gasteiger partial charge in [-0.3, -0.25) is 25.0 Å². The fraction of sp³-hybridized carbons (Fsp3) is 0.400. The lowest BCUT2D eigenvalue weighted by molar-refractivity contribution is -0.951. The Kier molecular flexibility index (Phi) is 3.48. The molecule has 0 radical (unpaired) electrons. The van der Waals surface area contributed by atoms with Gasteiger partial charge in [-0.05, 0) is 6.08 Å². The Morgan fingerprint density at radius 2 is 1.78 bits per heavy atom. The number of nitrogens with one attached hydrogen (secondary N) is 1. The van der Waals surface area contributed by atoms with Crippen molar-refractivity contribution < 1.29 is 19.5 Å². The van der Waals surface area contributed by atoms with Crippen LogP contribution in [0.3, 0.4) is 0 Å². The third-order valence-electron chi connectivity index (χ3n) is 4.71. The van der Waals surface area contributed by atoms with Crippen LogP contribution < -0.4 is 4.90 Å². The van der Waals surface area contributed by atoms with Gasteiger partial charge in [-0.25, -0.2) is 0 Å². The molecular weight excluding hydrogens is 302 g/mol. The molecule has 2 aliphatic rings. The number of hydrogen-bond donors (Lipinski definition) is 1. The Hall–Kier alpha value is -2.61. The van der Waals surface area contributed by atoms with Gasteiger partial charge in [0.25, 0.3) is 5.54 Å². The minimum absolute atomic E-state index is 0.0341. The zero-order chi connectivity index (χ0) is 16.7. The second kappa shape index (κ2) is 5.24. The van der Waals surface area contributed by atoms with E-state index in [1.54, 1.807) is 0 Å². The maximum Gasteiger partial charge on any atom is 0.337 e. The van der Waals surface area contributed by atoms with E-state index >= 15 is 0 Å². The van der Waals surface area contributed by atoms with E-state index in [2.05, 4.69) is 0 Å². The molecule has 3 rings (SSSR count). The number of ketones is 1.